The molecule has 13 nitrogen and oxygen atoms in total. The van der Waals surface area contributed by atoms with Crippen LogP contribution < -0.4 is 32.3 Å². The standard InChI is InChI=1S/C31H40N6O7/c1-3-27(39)33-18-26(29(32)41)36-28(40)15-21-7-4-5-8-22(21)17-34-31(43)25(16-24-9-6-14-44-24)37-30(42)20-10-12-23(13-11-20)35-19(2)38/h3-9,14,20,23,25-26H,1,10-13,15-18H2,2H3,(H2,32,41)(H,33,39)(H,34,43)(H,35,38)(H,36,40)(H,37,42)/t20-,23+,25-,26-/m0/s1. The van der Waals surface area contributed by atoms with E-state index in [1.54, 1.807) is 36.4 Å². The van der Waals surface area contributed by atoms with Crippen LogP contribution in [0.25, 0.3) is 0 Å². The lowest BCUT2D eigenvalue weighted by atomic mass is 9.85. The molecular weight excluding hydrogens is 568 g/mol. The van der Waals surface area contributed by atoms with Gasteiger partial charge >= 0.3 is 0 Å². The van der Waals surface area contributed by atoms with Crippen LogP contribution in [0.5, 0.6) is 0 Å². The summed E-state index contributed by atoms with van der Waals surface area (Å²) in [5.74, 6) is -2.33. The molecule has 1 fully saturated rings. The third kappa shape index (κ3) is 10.7. The van der Waals surface area contributed by atoms with E-state index in [0.29, 0.717) is 42.6 Å². The van der Waals surface area contributed by atoms with E-state index in [4.69, 9.17) is 10.2 Å². The molecule has 0 bridgehead atoms. The number of carbonyl (C=O) groups excluding carboxylic acids is 6. The molecule has 1 aliphatic carbocycles. The first kappa shape index (κ1) is 33.6. The maximum atomic E-state index is 13.4. The van der Waals surface area contributed by atoms with E-state index in [1.807, 2.05) is 0 Å². The molecule has 0 radical (unpaired) electrons. The van der Waals surface area contributed by atoms with Crippen molar-refractivity contribution in [3.05, 3.63) is 72.2 Å². The highest BCUT2D eigenvalue weighted by atomic mass is 16.3. The van der Waals surface area contributed by atoms with Gasteiger partial charge in [0.05, 0.1) is 12.7 Å². The molecule has 2 atom stereocenters. The minimum atomic E-state index is -1.12. The summed E-state index contributed by atoms with van der Waals surface area (Å²) >= 11 is 0. The van der Waals surface area contributed by atoms with Crippen LogP contribution in [0.1, 0.15) is 49.5 Å². The molecule has 44 heavy (non-hydrogen) atoms. The minimum Gasteiger partial charge on any atom is -0.469 e. The normalized spacial score (nSPS) is 17.3. The van der Waals surface area contributed by atoms with E-state index >= 15 is 0 Å². The molecule has 1 heterocycles. The van der Waals surface area contributed by atoms with Gasteiger partial charge in [0.15, 0.2) is 0 Å². The zero-order valence-corrected chi connectivity index (χ0v) is 24.7. The first-order valence-corrected chi connectivity index (χ1v) is 14.5. The maximum Gasteiger partial charge on any atom is 0.243 e. The van der Waals surface area contributed by atoms with Crippen LogP contribution >= 0.6 is 0 Å². The van der Waals surface area contributed by atoms with Crippen LogP contribution in [0, 0.1) is 5.92 Å². The van der Waals surface area contributed by atoms with Gasteiger partial charge in [0.2, 0.25) is 35.4 Å². The molecule has 1 aliphatic rings. The van der Waals surface area contributed by atoms with Crippen LogP contribution in [0.15, 0.2) is 59.7 Å². The van der Waals surface area contributed by atoms with E-state index < -0.39 is 35.7 Å². The van der Waals surface area contributed by atoms with Crippen LogP contribution in [0.2, 0.25) is 0 Å². The summed E-state index contributed by atoms with van der Waals surface area (Å²) in [5, 5.41) is 13.6. The van der Waals surface area contributed by atoms with Crippen LogP contribution in [0.4, 0.5) is 0 Å². The molecule has 2 aromatic rings. The Morgan fingerprint density at radius 3 is 2.27 bits per heavy atom. The van der Waals surface area contributed by atoms with Crippen LogP contribution in [-0.2, 0) is 48.2 Å². The average molecular weight is 609 g/mol. The van der Waals surface area contributed by atoms with Crippen molar-refractivity contribution >= 4 is 35.4 Å². The van der Waals surface area contributed by atoms with Crippen LogP contribution in [-0.4, -0.2) is 60.1 Å². The van der Waals surface area contributed by atoms with Gasteiger partial charge < -0.3 is 36.7 Å². The Labute approximate surface area is 255 Å². The number of benzene rings is 1. The molecule has 0 unspecified atom stereocenters. The van der Waals surface area contributed by atoms with Gasteiger partial charge in [0.1, 0.15) is 17.8 Å². The predicted molar refractivity (Wildman–Crippen MR) is 160 cm³/mol. The molecule has 1 aromatic heterocycles. The Balaban J connectivity index is 1.61. The smallest absolute Gasteiger partial charge is 0.243 e. The largest absolute Gasteiger partial charge is 0.469 e. The van der Waals surface area contributed by atoms with Gasteiger partial charge in [0, 0.05) is 38.4 Å². The molecule has 1 aromatic carbocycles. The van der Waals surface area contributed by atoms with Gasteiger partial charge in [-0.2, -0.15) is 0 Å². The second-order valence-electron chi connectivity index (χ2n) is 10.7. The van der Waals surface area contributed by atoms with E-state index in [1.165, 1.54) is 13.2 Å². The molecule has 1 saturated carbocycles. The summed E-state index contributed by atoms with van der Waals surface area (Å²) in [7, 11) is 0. The highest BCUT2D eigenvalue weighted by Gasteiger charge is 2.30. The number of primary amides is 1. The van der Waals surface area contributed by atoms with E-state index in [-0.39, 0.29) is 49.7 Å². The average Bonchev–Trinajstić information content (AvgIpc) is 3.51. The lowest BCUT2D eigenvalue weighted by Crippen LogP contribution is -2.51. The second kappa shape index (κ2) is 16.6. The second-order valence-corrected chi connectivity index (χ2v) is 10.7. The fraction of sp³-hybridized carbons (Fsp3) is 0.419. The van der Waals surface area contributed by atoms with Gasteiger partial charge in [-0.25, -0.2) is 0 Å². The zero-order valence-electron chi connectivity index (χ0n) is 24.7. The molecule has 3 rings (SSSR count). The summed E-state index contributed by atoms with van der Waals surface area (Å²) < 4.78 is 5.43. The number of nitrogens with two attached hydrogens (primary N) is 1. The Hall–Kier alpha value is -4.94. The highest BCUT2D eigenvalue weighted by Crippen LogP contribution is 2.25. The number of furan rings is 1. The third-order valence-corrected chi connectivity index (χ3v) is 7.39. The maximum absolute atomic E-state index is 13.4. The number of rotatable bonds is 15. The van der Waals surface area contributed by atoms with Crippen molar-refractivity contribution < 1.29 is 33.2 Å². The lowest BCUT2D eigenvalue weighted by molar-refractivity contribution is -0.132. The fourth-order valence-corrected chi connectivity index (χ4v) is 5.04. The monoisotopic (exact) mass is 608 g/mol. The number of amides is 6. The number of nitrogens with one attached hydrogen (secondary N) is 5. The Kier molecular flexibility index (Phi) is 12.7. The molecule has 7 N–H and O–H groups in total. The Bertz CT molecular complexity index is 1330. The third-order valence-electron chi connectivity index (χ3n) is 7.39. The quantitative estimate of drug-likeness (QED) is 0.154. The van der Waals surface area contributed by atoms with Crippen molar-refractivity contribution in [2.45, 2.75) is 70.1 Å². The van der Waals surface area contributed by atoms with Crippen molar-refractivity contribution in [3.8, 4) is 0 Å². The van der Waals surface area contributed by atoms with Crippen molar-refractivity contribution in [2.75, 3.05) is 6.54 Å². The Morgan fingerprint density at radius 1 is 0.955 bits per heavy atom. The van der Waals surface area contributed by atoms with Gasteiger partial charge in [0.25, 0.3) is 0 Å². The predicted octanol–water partition coefficient (Wildman–Crippen LogP) is 0.133. The highest BCUT2D eigenvalue weighted by molar-refractivity contribution is 5.90. The topological polar surface area (TPSA) is 202 Å². The van der Waals surface area contributed by atoms with E-state index in [0.717, 1.165) is 6.08 Å². The van der Waals surface area contributed by atoms with E-state index in [9.17, 15) is 28.8 Å². The molecule has 0 aliphatic heterocycles. The molecule has 0 spiro atoms. The van der Waals surface area contributed by atoms with Gasteiger partial charge in [-0.1, -0.05) is 30.8 Å². The van der Waals surface area contributed by atoms with Gasteiger partial charge in [-0.05, 0) is 55.0 Å². The number of carbonyl (C=O) groups is 6. The molecule has 0 saturated heterocycles. The summed E-state index contributed by atoms with van der Waals surface area (Å²) in [6, 6.07) is 8.42. The van der Waals surface area contributed by atoms with Gasteiger partial charge in [-0.15, -0.1) is 0 Å². The zero-order chi connectivity index (χ0) is 32.1. The first-order valence-electron chi connectivity index (χ1n) is 14.5. The number of hydrogen-bond donors (Lipinski definition) is 6. The molecule has 6 amide bonds. The van der Waals surface area contributed by atoms with Crippen LogP contribution in [0.3, 0.4) is 0 Å². The van der Waals surface area contributed by atoms with Crippen molar-refractivity contribution in [1.82, 2.24) is 26.6 Å². The summed E-state index contributed by atoms with van der Waals surface area (Å²) in [6.07, 6.45) is 5.12. The lowest BCUT2D eigenvalue weighted by Gasteiger charge is -2.29. The summed E-state index contributed by atoms with van der Waals surface area (Å²) in [5.41, 5.74) is 6.63. The summed E-state index contributed by atoms with van der Waals surface area (Å²) in [6.45, 7) is 4.68. The minimum absolute atomic E-state index is 0.0423. The number of hydrogen-bond acceptors (Lipinski definition) is 7. The molecule has 13 heteroatoms. The SMILES string of the molecule is C=CC(=O)NC[C@H](NC(=O)Cc1ccccc1CNC(=O)[C@H](Cc1ccco1)NC(=O)[C@H]1CC[C@@H](NC(C)=O)CC1)C(N)=O. The summed E-state index contributed by atoms with van der Waals surface area (Å²) in [4.78, 5) is 73.8. The van der Waals surface area contributed by atoms with Gasteiger partial charge in [-0.3, -0.25) is 28.8 Å². The van der Waals surface area contributed by atoms with Crippen molar-refractivity contribution in [2.24, 2.45) is 11.7 Å². The molecule has 236 valence electrons. The molecular formula is C31H40N6O7. The van der Waals surface area contributed by atoms with E-state index in [2.05, 4.69) is 33.2 Å². The van der Waals surface area contributed by atoms with Crippen molar-refractivity contribution in [3.63, 3.8) is 0 Å². The van der Waals surface area contributed by atoms with Crippen molar-refractivity contribution in [1.29, 1.82) is 0 Å². The first-order chi connectivity index (χ1) is 21.0. The Morgan fingerprint density at radius 2 is 1.66 bits per heavy atom. The fourth-order valence-electron chi connectivity index (χ4n) is 5.04.